The molecule has 0 amide bonds. The third kappa shape index (κ3) is 6.80. The minimum Gasteiger partial charge on any atom is -0.491 e. The maximum Gasteiger partial charge on any atom is 0.126 e. The molecule has 0 aliphatic heterocycles. The molecule has 1 aliphatic rings. The summed E-state index contributed by atoms with van der Waals surface area (Å²) in [6, 6.07) is 18.1. The van der Waals surface area contributed by atoms with Crippen LogP contribution < -0.4 is 10.1 Å². The maximum atomic E-state index is 6.38. The van der Waals surface area contributed by atoms with Gasteiger partial charge in [0.15, 0.2) is 0 Å². The van der Waals surface area contributed by atoms with Crippen LogP contribution in [0.3, 0.4) is 0 Å². The molecule has 0 fully saturated rings. The molecule has 198 valence electrons. The number of aromatic nitrogens is 1. The van der Waals surface area contributed by atoms with Crippen molar-refractivity contribution < 1.29 is 9.47 Å². The van der Waals surface area contributed by atoms with Crippen molar-refractivity contribution in [1.82, 2.24) is 10.3 Å². The number of rotatable bonds is 12. The van der Waals surface area contributed by atoms with Gasteiger partial charge in [0.05, 0.1) is 18.4 Å². The van der Waals surface area contributed by atoms with E-state index in [-0.39, 0.29) is 6.10 Å². The van der Waals surface area contributed by atoms with E-state index in [1.165, 1.54) is 52.6 Å². The standard InChI is InChI=1S/C33H44N2O2/c1-6-25-13-10-14-26(7-2)33(25)31-22-32(37-21-20-36-23(3)4)28(24(5)35-31)18-19-34-30-17-11-15-27-12-8-9-16-29(27)30/h8-10,12-14,16,22-23,30,34H,6-7,11,15,17-21H2,1-5H3. The Morgan fingerprint density at radius 2 is 1.76 bits per heavy atom. The largest absolute Gasteiger partial charge is 0.491 e. The average Bonchev–Trinajstić information content (AvgIpc) is 2.91. The Hall–Kier alpha value is -2.69. The molecule has 1 N–H and O–H groups in total. The van der Waals surface area contributed by atoms with Gasteiger partial charge in [0.2, 0.25) is 0 Å². The molecule has 4 heteroatoms. The smallest absolute Gasteiger partial charge is 0.126 e. The molecule has 0 spiro atoms. The Kier molecular flexibility index (Phi) is 9.76. The predicted molar refractivity (Wildman–Crippen MR) is 154 cm³/mol. The Labute approximate surface area is 223 Å². The average molecular weight is 501 g/mol. The van der Waals surface area contributed by atoms with Crippen LogP contribution >= 0.6 is 0 Å². The van der Waals surface area contributed by atoms with Crippen LogP contribution in [0.1, 0.15) is 80.1 Å². The van der Waals surface area contributed by atoms with E-state index in [0.29, 0.717) is 19.3 Å². The van der Waals surface area contributed by atoms with Gasteiger partial charge in [-0.15, -0.1) is 0 Å². The number of pyridine rings is 1. The number of nitrogens with zero attached hydrogens (tertiary/aromatic N) is 1. The molecular weight excluding hydrogens is 456 g/mol. The zero-order chi connectivity index (χ0) is 26.2. The van der Waals surface area contributed by atoms with Gasteiger partial charge in [-0.3, -0.25) is 4.98 Å². The first-order valence-electron chi connectivity index (χ1n) is 14.2. The molecule has 2 aromatic carbocycles. The zero-order valence-corrected chi connectivity index (χ0v) is 23.4. The van der Waals surface area contributed by atoms with E-state index in [2.05, 4.69) is 88.5 Å². The second-order valence-electron chi connectivity index (χ2n) is 10.3. The molecular formula is C33H44N2O2. The van der Waals surface area contributed by atoms with Gasteiger partial charge in [0.25, 0.3) is 0 Å². The molecule has 1 atom stereocenters. The van der Waals surface area contributed by atoms with Crippen LogP contribution in [0.5, 0.6) is 5.75 Å². The van der Waals surface area contributed by atoms with Crippen molar-refractivity contribution >= 4 is 0 Å². The molecule has 0 bridgehead atoms. The van der Waals surface area contributed by atoms with Crippen molar-refractivity contribution in [2.24, 2.45) is 0 Å². The fourth-order valence-corrected chi connectivity index (χ4v) is 5.58. The summed E-state index contributed by atoms with van der Waals surface area (Å²) in [4.78, 5) is 5.14. The highest BCUT2D eigenvalue weighted by molar-refractivity contribution is 5.70. The maximum absolute atomic E-state index is 6.38. The highest BCUT2D eigenvalue weighted by Gasteiger charge is 2.20. The van der Waals surface area contributed by atoms with E-state index in [9.17, 15) is 0 Å². The molecule has 1 unspecified atom stereocenters. The van der Waals surface area contributed by atoms with Crippen molar-refractivity contribution in [3.63, 3.8) is 0 Å². The second kappa shape index (κ2) is 13.2. The van der Waals surface area contributed by atoms with Crippen LogP contribution in [-0.4, -0.2) is 30.8 Å². The number of ether oxygens (including phenoxy) is 2. The molecule has 1 heterocycles. The van der Waals surface area contributed by atoms with Crippen molar-refractivity contribution in [3.8, 4) is 17.0 Å². The van der Waals surface area contributed by atoms with Gasteiger partial charge >= 0.3 is 0 Å². The van der Waals surface area contributed by atoms with Crippen LogP contribution in [0.4, 0.5) is 0 Å². The number of hydrogen-bond acceptors (Lipinski definition) is 4. The number of aryl methyl sites for hydroxylation is 4. The van der Waals surface area contributed by atoms with Crippen molar-refractivity contribution in [2.45, 2.75) is 85.3 Å². The SMILES string of the molecule is CCc1cccc(CC)c1-c1cc(OCCOC(C)C)c(CCNC2CCCc3ccccc32)c(C)n1. The molecule has 4 rings (SSSR count). The Balaban J connectivity index is 1.58. The van der Waals surface area contributed by atoms with Gasteiger partial charge in [-0.2, -0.15) is 0 Å². The van der Waals surface area contributed by atoms with Crippen molar-refractivity contribution in [2.75, 3.05) is 19.8 Å². The van der Waals surface area contributed by atoms with Gasteiger partial charge in [-0.05, 0) is 88.1 Å². The fourth-order valence-electron chi connectivity index (χ4n) is 5.58. The topological polar surface area (TPSA) is 43.4 Å². The third-order valence-corrected chi connectivity index (χ3v) is 7.47. The van der Waals surface area contributed by atoms with Crippen molar-refractivity contribution in [1.29, 1.82) is 0 Å². The molecule has 37 heavy (non-hydrogen) atoms. The lowest BCUT2D eigenvalue weighted by Gasteiger charge is -2.27. The summed E-state index contributed by atoms with van der Waals surface area (Å²) in [6.45, 7) is 12.7. The van der Waals surface area contributed by atoms with Gasteiger partial charge in [-0.25, -0.2) is 0 Å². The van der Waals surface area contributed by atoms with E-state index in [4.69, 9.17) is 14.5 Å². The summed E-state index contributed by atoms with van der Waals surface area (Å²) in [6.07, 6.45) is 6.67. The normalized spacial score (nSPS) is 15.1. The second-order valence-corrected chi connectivity index (χ2v) is 10.3. The summed E-state index contributed by atoms with van der Waals surface area (Å²) in [5.74, 6) is 0.939. The highest BCUT2D eigenvalue weighted by atomic mass is 16.5. The van der Waals surface area contributed by atoms with Crippen LogP contribution in [0, 0.1) is 6.92 Å². The number of fused-ring (bicyclic) bond motifs is 1. The third-order valence-electron chi connectivity index (χ3n) is 7.47. The first kappa shape index (κ1) is 27.3. The van der Waals surface area contributed by atoms with E-state index < -0.39 is 0 Å². The highest BCUT2D eigenvalue weighted by Crippen LogP contribution is 2.34. The van der Waals surface area contributed by atoms with Crippen LogP contribution in [-0.2, 0) is 30.4 Å². The first-order chi connectivity index (χ1) is 18.0. The Morgan fingerprint density at radius 3 is 2.49 bits per heavy atom. The molecule has 0 saturated carbocycles. The summed E-state index contributed by atoms with van der Waals surface area (Å²) in [5.41, 5.74) is 10.2. The van der Waals surface area contributed by atoms with Gasteiger partial charge in [0.1, 0.15) is 12.4 Å². The zero-order valence-electron chi connectivity index (χ0n) is 23.4. The number of benzene rings is 2. The molecule has 4 nitrogen and oxygen atoms in total. The minimum absolute atomic E-state index is 0.198. The minimum atomic E-state index is 0.198. The van der Waals surface area contributed by atoms with E-state index in [1.807, 2.05) is 0 Å². The van der Waals surface area contributed by atoms with Crippen LogP contribution in [0.25, 0.3) is 11.3 Å². The summed E-state index contributed by atoms with van der Waals surface area (Å²) >= 11 is 0. The quantitative estimate of drug-likeness (QED) is 0.267. The number of hydrogen-bond donors (Lipinski definition) is 1. The van der Waals surface area contributed by atoms with E-state index in [1.54, 1.807) is 0 Å². The van der Waals surface area contributed by atoms with Gasteiger partial charge < -0.3 is 14.8 Å². The monoisotopic (exact) mass is 500 g/mol. The predicted octanol–water partition coefficient (Wildman–Crippen LogP) is 7.20. The Bertz CT molecular complexity index is 1150. The lowest BCUT2D eigenvalue weighted by Crippen LogP contribution is -2.27. The van der Waals surface area contributed by atoms with Crippen LogP contribution in [0.2, 0.25) is 0 Å². The van der Waals surface area contributed by atoms with Gasteiger partial charge in [-0.1, -0.05) is 56.3 Å². The first-order valence-corrected chi connectivity index (χ1v) is 14.2. The number of nitrogens with one attached hydrogen (secondary N) is 1. The summed E-state index contributed by atoms with van der Waals surface area (Å²) in [7, 11) is 0. The molecule has 0 radical (unpaired) electrons. The molecule has 0 saturated heterocycles. The fraction of sp³-hybridized carbons (Fsp3) is 0.485. The van der Waals surface area contributed by atoms with E-state index >= 15 is 0 Å². The molecule has 1 aliphatic carbocycles. The molecule has 1 aromatic heterocycles. The molecule has 3 aromatic rings. The summed E-state index contributed by atoms with van der Waals surface area (Å²) < 4.78 is 12.1. The van der Waals surface area contributed by atoms with Gasteiger partial charge in [0, 0.05) is 28.9 Å². The summed E-state index contributed by atoms with van der Waals surface area (Å²) in [5, 5.41) is 3.84. The lowest BCUT2D eigenvalue weighted by atomic mass is 9.87. The Morgan fingerprint density at radius 1 is 1.00 bits per heavy atom. The lowest BCUT2D eigenvalue weighted by molar-refractivity contribution is 0.0550. The van der Waals surface area contributed by atoms with Crippen LogP contribution in [0.15, 0.2) is 48.5 Å². The van der Waals surface area contributed by atoms with E-state index in [0.717, 1.165) is 42.9 Å². The van der Waals surface area contributed by atoms with Crippen molar-refractivity contribution in [3.05, 3.63) is 82.0 Å².